The number of rotatable bonds is 31. The van der Waals surface area contributed by atoms with Gasteiger partial charge in [0.25, 0.3) is 0 Å². The molecule has 0 heterocycles. The summed E-state index contributed by atoms with van der Waals surface area (Å²) >= 11 is 0. The summed E-state index contributed by atoms with van der Waals surface area (Å²) in [5, 5.41) is 8.84. The Morgan fingerprint density at radius 1 is 0.620 bits per heavy atom. The number of allylic oxidation sites excluding steroid dienone is 14. The normalized spacial score (nSPS) is 15.0. The molecule has 0 aliphatic carbocycles. The van der Waals surface area contributed by atoms with Crippen molar-refractivity contribution in [1.82, 2.24) is 0 Å². The molecule has 282 valence electrons. The van der Waals surface area contributed by atoms with E-state index in [0.717, 1.165) is 57.8 Å². The van der Waals surface area contributed by atoms with E-state index in [-0.39, 0.29) is 12.8 Å². The number of phosphoric acid groups is 1. The van der Waals surface area contributed by atoms with E-state index in [1.54, 1.807) is 0 Å². The fraction of sp³-hybridized carbons (Fsp3) is 0.553. The van der Waals surface area contributed by atoms with Gasteiger partial charge >= 0.3 is 25.7 Å². The first-order valence-corrected chi connectivity index (χ1v) is 19.1. The van der Waals surface area contributed by atoms with Crippen molar-refractivity contribution in [2.45, 2.75) is 116 Å². The minimum atomic E-state index is -4.74. The first kappa shape index (κ1) is 46.7. The van der Waals surface area contributed by atoms with Crippen LogP contribution in [0.25, 0.3) is 0 Å². The van der Waals surface area contributed by atoms with Crippen LogP contribution in [0.4, 0.5) is 0 Å². The smallest absolute Gasteiger partial charge is 0.472 e. The first-order valence-electron chi connectivity index (χ1n) is 17.6. The lowest BCUT2D eigenvalue weighted by atomic mass is 10.1. The van der Waals surface area contributed by atoms with Crippen LogP contribution in [0.2, 0.25) is 0 Å². The van der Waals surface area contributed by atoms with Gasteiger partial charge in [0, 0.05) is 12.8 Å². The zero-order chi connectivity index (χ0) is 37.1. The number of nitrogens with two attached hydrogens (primary N) is 1. The lowest BCUT2D eigenvalue weighted by molar-refractivity contribution is -0.161. The van der Waals surface area contributed by atoms with Crippen LogP contribution in [0.15, 0.2) is 85.1 Å². The Kier molecular flexibility index (Phi) is 30.6. The predicted octanol–water partition coefficient (Wildman–Crippen LogP) is 8.38. The lowest BCUT2D eigenvalue weighted by Gasteiger charge is -2.20. The summed E-state index contributed by atoms with van der Waals surface area (Å²) in [6.45, 7) is 2.41. The number of hydrogen-bond acceptors (Lipinski definition) is 9. The van der Waals surface area contributed by atoms with Gasteiger partial charge in [-0.2, -0.15) is 0 Å². The zero-order valence-corrected chi connectivity index (χ0v) is 30.8. The molecule has 0 spiro atoms. The van der Waals surface area contributed by atoms with Gasteiger partial charge in [-0.05, 0) is 70.6 Å². The quantitative estimate of drug-likeness (QED) is 0.0272. The Hall–Kier alpha value is -3.34. The SMILES string of the molecule is CC/C=C\C/C=C\C/C=C\C/C=C\CCC(=O)OC(COC(=O)CCCCC/C=C\C/C=C\C/C=C\CC)COP(=O)(O)OCC(N)C(=O)O. The molecule has 50 heavy (non-hydrogen) atoms. The molecule has 0 saturated heterocycles. The van der Waals surface area contributed by atoms with Crippen LogP contribution >= 0.6 is 7.82 Å². The van der Waals surface area contributed by atoms with Gasteiger partial charge in [-0.1, -0.05) is 105 Å². The molecule has 4 N–H and O–H groups in total. The van der Waals surface area contributed by atoms with Crippen LogP contribution in [0, 0.1) is 0 Å². The Morgan fingerprint density at radius 2 is 1.10 bits per heavy atom. The number of aliphatic carboxylic acids is 1. The van der Waals surface area contributed by atoms with E-state index in [1.807, 2.05) is 18.2 Å². The minimum Gasteiger partial charge on any atom is -0.480 e. The summed E-state index contributed by atoms with van der Waals surface area (Å²) in [5.41, 5.74) is 5.30. The Morgan fingerprint density at radius 3 is 1.62 bits per heavy atom. The van der Waals surface area contributed by atoms with Crippen molar-refractivity contribution in [3.63, 3.8) is 0 Å². The number of unbranched alkanes of at least 4 members (excludes halogenated alkanes) is 3. The van der Waals surface area contributed by atoms with Gasteiger partial charge in [0.1, 0.15) is 12.6 Å². The molecule has 3 atom stereocenters. The van der Waals surface area contributed by atoms with Crippen molar-refractivity contribution in [2.24, 2.45) is 5.73 Å². The molecular formula is C38H60NO10P. The van der Waals surface area contributed by atoms with Crippen molar-refractivity contribution < 1.29 is 47.5 Å². The molecule has 12 heteroatoms. The number of hydrogen-bond donors (Lipinski definition) is 3. The Labute approximate surface area is 299 Å². The van der Waals surface area contributed by atoms with Crippen LogP contribution < -0.4 is 5.73 Å². The molecule has 0 aromatic rings. The lowest BCUT2D eigenvalue weighted by Crippen LogP contribution is -2.34. The Balaban J connectivity index is 4.67. The van der Waals surface area contributed by atoms with E-state index in [1.165, 1.54) is 0 Å². The maximum atomic E-state index is 12.5. The van der Waals surface area contributed by atoms with Crippen molar-refractivity contribution in [3.8, 4) is 0 Å². The summed E-state index contributed by atoms with van der Waals surface area (Å²) < 4.78 is 32.4. The number of carboxylic acid groups (broad SMARTS) is 1. The molecule has 11 nitrogen and oxygen atoms in total. The van der Waals surface area contributed by atoms with Crippen LogP contribution in [-0.2, 0) is 37.5 Å². The highest BCUT2D eigenvalue weighted by atomic mass is 31.2. The minimum absolute atomic E-state index is 0.0282. The van der Waals surface area contributed by atoms with Gasteiger partial charge in [0.2, 0.25) is 0 Å². The largest absolute Gasteiger partial charge is 0.480 e. The van der Waals surface area contributed by atoms with Crippen molar-refractivity contribution in [1.29, 1.82) is 0 Å². The number of ether oxygens (including phenoxy) is 2. The van der Waals surface area contributed by atoms with Gasteiger partial charge in [0.15, 0.2) is 6.10 Å². The number of carbonyl (C=O) groups is 3. The maximum Gasteiger partial charge on any atom is 0.472 e. The third-order valence-corrected chi connectivity index (χ3v) is 7.60. The first-order chi connectivity index (χ1) is 24.1. The van der Waals surface area contributed by atoms with Gasteiger partial charge in [-0.25, -0.2) is 4.57 Å². The van der Waals surface area contributed by atoms with Crippen molar-refractivity contribution in [3.05, 3.63) is 85.1 Å². The maximum absolute atomic E-state index is 12.5. The van der Waals surface area contributed by atoms with Gasteiger partial charge in [0.05, 0.1) is 13.2 Å². The van der Waals surface area contributed by atoms with E-state index < -0.39 is 57.7 Å². The summed E-state index contributed by atoms with van der Waals surface area (Å²) in [6, 6.07) is -1.54. The third kappa shape index (κ3) is 31.9. The molecule has 0 aromatic carbocycles. The van der Waals surface area contributed by atoms with E-state index in [9.17, 15) is 23.8 Å². The second-order valence-corrected chi connectivity index (χ2v) is 12.7. The standard InChI is InChI=1S/C38H60NO10P/c1-3-5-7-9-11-13-15-17-19-21-23-25-27-29-36(40)46-31-34(32-47-50(44,45)48-33-35(39)38(42)43)49-37(41)30-28-26-24-22-20-18-16-14-12-10-8-6-4-2/h5-8,11-14,17-20,24,26,34-35H,3-4,9-10,15-16,21-23,25,27-33,39H2,1-2H3,(H,42,43)(H,44,45)/b7-5-,8-6-,13-11-,14-12-,19-17-,20-18-,26-24-. The number of phosphoric ester groups is 1. The molecule has 0 amide bonds. The molecule has 0 aliphatic rings. The number of carboxylic acids is 1. The second-order valence-electron chi connectivity index (χ2n) is 11.2. The van der Waals surface area contributed by atoms with E-state index >= 15 is 0 Å². The fourth-order valence-corrected chi connectivity index (χ4v) is 4.69. The summed E-state index contributed by atoms with van der Waals surface area (Å²) in [7, 11) is -4.74. The summed E-state index contributed by atoms with van der Waals surface area (Å²) in [6.07, 6.45) is 38.3. The average Bonchev–Trinajstić information content (AvgIpc) is 3.09. The van der Waals surface area contributed by atoms with Gasteiger partial charge in [-0.3, -0.25) is 23.4 Å². The highest BCUT2D eigenvalue weighted by molar-refractivity contribution is 7.47. The molecule has 0 fully saturated rings. The van der Waals surface area contributed by atoms with Crippen molar-refractivity contribution >= 4 is 25.7 Å². The van der Waals surface area contributed by atoms with Gasteiger partial charge in [-0.15, -0.1) is 0 Å². The highest BCUT2D eigenvalue weighted by Gasteiger charge is 2.28. The van der Waals surface area contributed by atoms with E-state index in [4.69, 9.17) is 24.8 Å². The average molecular weight is 722 g/mol. The van der Waals surface area contributed by atoms with Crippen molar-refractivity contribution in [2.75, 3.05) is 19.8 Å². The molecular weight excluding hydrogens is 661 g/mol. The summed E-state index contributed by atoms with van der Waals surface area (Å²) in [4.78, 5) is 45.6. The van der Waals surface area contributed by atoms with Crippen LogP contribution in [-0.4, -0.2) is 59.9 Å². The van der Waals surface area contributed by atoms with Crippen LogP contribution in [0.3, 0.4) is 0 Å². The molecule has 0 radical (unpaired) electrons. The predicted molar refractivity (Wildman–Crippen MR) is 198 cm³/mol. The monoisotopic (exact) mass is 721 g/mol. The molecule has 3 unspecified atom stereocenters. The van der Waals surface area contributed by atoms with Crippen LogP contribution in [0.5, 0.6) is 0 Å². The molecule has 0 rings (SSSR count). The Bertz CT molecular complexity index is 1170. The van der Waals surface area contributed by atoms with Crippen LogP contribution in [0.1, 0.15) is 104 Å². The molecule has 0 aromatic heterocycles. The zero-order valence-electron chi connectivity index (χ0n) is 29.9. The molecule has 0 aliphatic heterocycles. The van der Waals surface area contributed by atoms with E-state index in [0.29, 0.717) is 19.3 Å². The molecule has 0 bridgehead atoms. The second kappa shape index (κ2) is 32.8. The summed E-state index contributed by atoms with van der Waals surface area (Å²) in [5.74, 6) is -2.54. The van der Waals surface area contributed by atoms with Gasteiger partial charge < -0.3 is 25.2 Å². The fourth-order valence-electron chi connectivity index (χ4n) is 3.91. The topological polar surface area (TPSA) is 172 Å². The number of carbonyl (C=O) groups excluding carboxylic acids is 2. The third-order valence-electron chi connectivity index (χ3n) is 6.65. The van der Waals surface area contributed by atoms with E-state index in [2.05, 4.69) is 85.2 Å². The highest BCUT2D eigenvalue weighted by Crippen LogP contribution is 2.43. The molecule has 0 saturated carbocycles. The number of esters is 2.